The molecule has 2 rings (SSSR count). The van der Waals surface area contributed by atoms with Gasteiger partial charge in [0, 0.05) is 12.6 Å². The lowest BCUT2D eigenvalue weighted by Crippen LogP contribution is -2.16. The van der Waals surface area contributed by atoms with Crippen LogP contribution in [0.1, 0.15) is 19.8 Å². The number of rotatable bonds is 9. The third-order valence-corrected chi connectivity index (χ3v) is 4.78. The normalized spacial score (nSPS) is 11.0. The molecule has 2 aromatic rings. The molecule has 8 nitrogen and oxygen atoms in total. The van der Waals surface area contributed by atoms with E-state index in [9.17, 15) is 8.42 Å². The molecular formula is C16H22N4O4S. The van der Waals surface area contributed by atoms with Crippen molar-refractivity contribution in [2.75, 3.05) is 30.8 Å². The number of nitrogens with one attached hydrogen (secondary N) is 2. The smallest absolute Gasteiger partial charge is 0.266 e. The second-order valence-electron chi connectivity index (χ2n) is 5.21. The Morgan fingerprint density at radius 1 is 1.04 bits per heavy atom. The Morgan fingerprint density at radius 3 is 2.36 bits per heavy atom. The van der Waals surface area contributed by atoms with Crippen molar-refractivity contribution in [1.29, 1.82) is 0 Å². The van der Waals surface area contributed by atoms with E-state index in [-0.39, 0.29) is 16.5 Å². The minimum absolute atomic E-state index is 0.0405. The number of unbranched alkanes of at least 4 members (excludes halogenated alkanes) is 1. The summed E-state index contributed by atoms with van der Waals surface area (Å²) in [6.07, 6.45) is 2.09. The summed E-state index contributed by atoms with van der Waals surface area (Å²) in [5.41, 5.74) is 0. The van der Waals surface area contributed by atoms with Crippen molar-refractivity contribution in [3.8, 4) is 11.5 Å². The number of sulfonamides is 1. The van der Waals surface area contributed by atoms with Crippen molar-refractivity contribution >= 4 is 21.7 Å². The molecule has 0 spiro atoms. The summed E-state index contributed by atoms with van der Waals surface area (Å²) in [5, 5.41) is 11.0. The van der Waals surface area contributed by atoms with Crippen LogP contribution in [0.3, 0.4) is 0 Å². The van der Waals surface area contributed by atoms with Crippen molar-refractivity contribution in [2.24, 2.45) is 0 Å². The fourth-order valence-electron chi connectivity index (χ4n) is 2.06. The van der Waals surface area contributed by atoms with Crippen LogP contribution in [-0.2, 0) is 10.0 Å². The predicted octanol–water partition coefficient (Wildman–Crippen LogP) is 2.51. The average molecular weight is 366 g/mol. The maximum Gasteiger partial charge on any atom is 0.266 e. The number of hydrogen-bond donors (Lipinski definition) is 2. The molecule has 0 unspecified atom stereocenters. The van der Waals surface area contributed by atoms with E-state index in [0.717, 1.165) is 19.4 Å². The molecule has 1 aromatic carbocycles. The Kier molecular flexibility index (Phi) is 6.40. The summed E-state index contributed by atoms with van der Waals surface area (Å²) in [4.78, 5) is -0.0405. The molecule has 0 atom stereocenters. The van der Waals surface area contributed by atoms with E-state index in [4.69, 9.17) is 9.47 Å². The van der Waals surface area contributed by atoms with E-state index < -0.39 is 10.0 Å². The van der Waals surface area contributed by atoms with Crippen molar-refractivity contribution in [2.45, 2.75) is 24.7 Å². The average Bonchev–Trinajstić information content (AvgIpc) is 2.62. The second kappa shape index (κ2) is 8.52. The van der Waals surface area contributed by atoms with E-state index in [1.807, 2.05) is 0 Å². The van der Waals surface area contributed by atoms with Gasteiger partial charge in [-0.2, -0.15) is 0 Å². The first-order chi connectivity index (χ1) is 12.0. The Labute approximate surface area is 147 Å². The van der Waals surface area contributed by atoms with Gasteiger partial charge in [0.05, 0.1) is 14.2 Å². The van der Waals surface area contributed by atoms with Crippen molar-refractivity contribution < 1.29 is 17.9 Å². The number of benzene rings is 1. The van der Waals surface area contributed by atoms with E-state index in [1.165, 1.54) is 26.4 Å². The van der Waals surface area contributed by atoms with Gasteiger partial charge < -0.3 is 14.8 Å². The molecule has 2 N–H and O–H groups in total. The van der Waals surface area contributed by atoms with Gasteiger partial charge in [-0.15, -0.1) is 10.2 Å². The Balaban J connectivity index is 2.18. The summed E-state index contributed by atoms with van der Waals surface area (Å²) in [5.74, 6) is 1.32. The van der Waals surface area contributed by atoms with Gasteiger partial charge in [-0.25, -0.2) is 8.42 Å². The van der Waals surface area contributed by atoms with Crippen LogP contribution < -0.4 is 19.5 Å². The third kappa shape index (κ3) is 4.96. The molecule has 1 aromatic heterocycles. The molecule has 136 valence electrons. The topological polar surface area (TPSA) is 102 Å². The minimum atomic E-state index is -3.90. The maximum absolute atomic E-state index is 12.6. The van der Waals surface area contributed by atoms with Gasteiger partial charge in [0.1, 0.15) is 22.2 Å². The zero-order valence-electron chi connectivity index (χ0n) is 14.4. The molecule has 9 heteroatoms. The van der Waals surface area contributed by atoms with Crippen LogP contribution in [-0.4, -0.2) is 39.4 Å². The number of hydrogen-bond acceptors (Lipinski definition) is 7. The molecular weight excluding hydrogens is 344 g/mol. The molecule has 0 radical (unpaired) electrons. The number of methoxy groups -OCH3 is 2. The fraction of sp³-hybridized carbons (Fsp3) is 0.375. The van der Waals surface area contributed by atoms with Crippen molar-refractivity contribution in [3.63, 3.8) is 0 Å². The van der Waals surface area contributed by atoms with Crippen LogP contribution in [0.2, 0.25) is 0 Å². The van der Waals surface area contributed by atoms with Gasteiger partial charge >= 0.3 is 0 Å². The largest absolute Gasteiger partial charge is 0.497 e. The highest BCUT2D eigenvalue weighted by molar-refractivity contribution is 7.92. The van der Waals surface area contributed by atoms with E-state index in [0.29, 0.717) is 11.6 Å². The highest BCUT2D eigenvalue weighted by atomic mass is 32.2. The van der Waals surface area contributed by atoms with Crippen LogP contribution >= 0.6 is 0 Å². The molecule has 25 heavy (non-hydrogen) atoms. The van der Waals surface area contributed by atoms with Crippen LogP contribution in [0.4, 0.5) is 11.6 Å². The van der Waals surface area contributed by atoms with Gasteiger partial charge in [0.15, 0.2) is 5.82 Å². The Hall–Kier alpha value is -2.55. The minimum Gasteiger partial charge on any atom is -0.497 e. The van der Waals surface area contributed by atoms with Gasteiger partial charge in [-0.1, -0.05) is 13.3 Å². The summed E-state index contributed by atoms with van der Waals surface area (Å²) < 4.78 is 37.8. The summed E-state index contributed by atoms with van der Waals surface area (Å²) in [6.45, 7) is 2.88. The van der Waals surface area contributed by atoms with Crippen LogP contribution in [0.5, 0.6) is 11.5 Å². The number of ether oxygens (including phenoxy) is 2. The SMILES string of the molecule is CCCCNc1ccc(NS(=O)(=O)c2cc(OC)ccc2OC)nn1. The first kappa shape index (κ1) is 18.8. The summed E-state index contributed by atoms with van der Waals surface area (Å²) >= 11 is 0. The lowest BCUT2D eigenvalue weighted by molar-refractivity contribution is 0.392. The molecule has 1 heterocycles. The van der Waals surface area contributed by atoms with Crippen LogP contribution in [0, 0.1) is 0 Å². The van der Waals surface area contributed by atoms with Crippen molar-refractivity contribution in [1.82, 2.24) is 10.2 Å². The molecule has 0 amide bonds. The second-order valence-corrected chi connectivity index (χ2v) is 6.86. The Morgan fingerprint density at radius 2 is 1.76 bits per heavy atom. The van der Waals surface area contributed by atoms with E-state index >= 15 is 0 Å². The maximum atomic E-state index is 12.6. The van der Waals surface area contributed by atoms with Crippen LogP contribution in [0.25, 0.3) is 0 Å². The number of anilines is 2. The molecule has 0 bridgehead atoms. The predicted molar refractivity (Wildman–Crippen MR) is 95.8 cm³/mol. The quantitative estimate of drug-likeness (QED) is 0.657. The van der Waals surface area contributed by atoms with E-state index in [2.05, 4.69) is 27.2 Å². The standard InChI is InChI=1S/C16H22N4O4S/c1-4-5-10-17-15-8-9-16(19-18-15)20-25(21,22)14-11-12(23-2)6-7-13(14)24-3/h6-9,11H,4-5,10H2,1-3H3,(H,17,18)(H,19,20). The summed E-state index contributed by atoms with van der Waals surface area (Å²) in [6, 6.07) is 7.75. The van der Waals surface area contributed by atoms with E-state index in [1.54, 1.807) is 18.2 Å². The summed E-state index contributed by atoms with van der Waals surface area (Å²) in [7, 11) is -1.04. The lowest BCUT2D eigenvalue weighted by atomic mass is 10.3. The van der Waals surface area contributed by atoms with Gasteiger partial charge in [0.25, 0.3) is 10.0 Å². The number of aromatic nitrogens is 2. The first-order valence-electron chi connectivity index (χ1n) is 7.82. The molecule has 0 saturated heterocycles. The third-order valence-electron chi connectivity index (χ3n) is 3.40. The van der Waals surface area contributed by atoms with Gasteiger partial charge in [-0.3, -0.25) is 4.72 Å². The first-order valence-corrected chi connectivity index (χ1v) is 9.31. The zero-order valence-corrected chi connectivity index (χ0v) is 15.3. The molecule has 0 aliphatic rings. The van der Waals surface area contributed by atoms with Gasteiger partial charge in [0.2, 0.25) is 0 Å². The molecule has 0 saturated carbocycles. The fourth-order valence-corrected chi connectivity index (χ4v) is 3.24. The van der Waals surface area contributed by atoms with Crippen molar-refractivity contribution in [3.05, 3.63) is 30.3 Å². The molecule has 0 aliphatic heterocycles. The number of nitrogens with zero attached hydrogens (tertiary/aromatic N) is 2. The monoisotopic (exact) mass is 366 g/mol. The highest BCUT2D eigenvalue weighted by Gasteiger charge is 2.21. The Bertz CT molecular complexity index is 794. The molecule has 0 aliphatic carbocycles. The zero-order chi connectivity index (χ0) is 18.3. The molecule has 0 fully saturated rings. The van der Waals surface area contributed by atoms with Crippen LogP contribution in [0.15, 0.2) is 35.2 Å². The highest BCUT2D eigenvalue weighted by Crippen LogP contribution is 2.29. The van der Waals surface area contributed by atoms with Gasteiger partial charge in [-0.05, 0) is 30.7 Å². The lowest BCUT2D eigenvalue weighted by Gasteiger charge is -2.12.